The Bertz CT molecular complexity index is 478. The number of hydrogen-bond acceptors (Lipinski definition) is 3. The third-order valence-electron chi connectivity index (χ3n) is 3.10. The Morgan fingerprint density at radius 3 is 2.83 bits per heavy atom. The molecule has 2 N–H and O–H groups in total. The maximum absolute atomic E-state index is 11.9. The van der Waals surface area contributed by atoms with Crippen LogP contribution in [-0.2, 0) is 4.79 Å². The predicted molar refractivity (Wildman–Crippen MR) is 65.5 cm³/mol. The van der Waals surface area contributed by atoms with Gasteiger partial charge in [0.25, 0.3) is 5.91 Å². The zero-order valence-electron chi connectivity index (χ0n) is 9.60. The maximum atomic E-state index is 11.9. The molecule has 5 nitrogen and oxygen atoms in total. The molecule has 1 amide bonds. The van der Waals surface area contributed by atoms with Gasteiger partial charge in [-0.2, -0.15) is 0 Å². The zero-order valence-corrected chi connectivity index (χ0v) is 10.4. The molecule has 1 aromatic rings. The topological polar surface area (TPSA) is 79.3 Å². The first-order valence-electron chi connectivity index (χ1n) is 5.74. The molecule has 0 radical (unpaired) electrons. The Morgan fingerprint density at radius 2 is 2.17 bits per heavy atom. The maximum Gasteiger partial charge on any atom is 0.308 e. The van der Waals surface area contributed by atoms with E-state index in [-0.39, 0.29) is 22.8 Å². The number of carbonyl (C=O) groups is 2. The molecular weight excluding hydrogens is 256 g/mol. The second kappa shape index (κ2) is 5.35. The highest BCUT2D eigenvalue weighted by atomic mass is 35.5. The van der Waals surface area contributed by atoms with Crippen molar-refractivity contribution in [3.63, 3.8) is 0 Å². The van der Waals surface area contributed by atoms with Crippen LogP contribution in [0.3, 0.4) is 0 Å². The van der Waals surface area contributed by atoms with Gasteiger partial charge in [0.1, 0.15) is 10.8 Å². The van der Waals surface area contributed by atoms with Crippen molar-refractivity contribution in [2.45, 2.75) is 25.3 Å². The zero-order chi connectivity index (χ0) is 13.1. The summed E-state index contributed by atoms with van der Waals surface area (Å²) >= 11 is 5.70. The van der Waals surface area contributed by atoms with E-state index in [0.29, 0.717) is 12.8 Å². The Labute approximate surface area is 109 Å². The number of hydrogen-bond donors (Lipinski definition) is 2. The molecule has 2 rings (SSSR count). The van der Waals surface area contributed by atoms with Crippen LogP contribution in [0, 0.1) is 5.92 Å². The number of pyridine rings is 1. The molecular formula is C12H13ClN2O3. The van der Waals surface area contributed by atoms with Gasteiger partial charge in [-0.3, -0.25) is 9.59 Å². The average molecular weight is 269 g/mol. The highest BCUT2D eigenvalue weighted by Gasteiger charge is 2.34. The molecule has 1 fully saturated rings. The van der Waals surface area contributed by atoms with Crippen molar-refractivity contribution in [1.82, 2.24) is 10.3 Å². The fourth-order valence-corrected chi connectivity index (χ4v) is 2.37. The van der Waals surface area contributed by atoms with E-state index >= 15 is 0 Å². The minimum atomic E-state index is -0.864. The van der Waals surface area contributed by atoms with Crippen LogP contribution in [0.5, 0.6) is 0 Å². The van der Waals surface area contributed by atoms with E-state index in [9.17, 15) is 9.59 Å². The summed E-state index contributed by atoms with van der Waals surface area (Å²) in [6, 6.07) is 4.43. The van der Waals surface area contributed by atoms with Crippen molar-refractivity contribution in [1.29, 1.82) is 0 Å². The van der Waals surface area contributed by atoms with Crippen molar-refractivity contribution < 1.29 is 14.7 Å². The number of carboxylic acids is 1. The van der Waals surface area contributed by atoms with Gasteiger partial charge in [-0.1, -0.05) is 24.1 Å². The van der Waals surface area contributed by atoms with Crippen LogP contribution in [-0.4, -0.2) is 28.0 Å². The van der Waals surface area contributed by atoms with Crippen molar-refractivity contribution >= 4 is 23.5 Å². The van der Waals surface area contributed by atoms with Gasteiger partial charge in [-0.05, 0) is 25.0 Å². The largest absolute Gasteiger partial charge is 0.481 e. The van der Waals surface area contributed by atoms with Crippen LogP contribution >= 0.6 is 11.6 Å². The highest BCUT2D eigenvalue weighted by Crippen LogP contribution is 2.26. The number of halogens is 1. The molecule has 6 heteroatoms. The first kappa shape index (κ1) is 12.8. The summed E-state index contributed by atoms with van der Waals surface area (Å²) in [6.07, 6.45) is 2.09. The number of rotatable bonds is 3. The SMILES string of the molecule is O=C(NC1CCCC1C(=O)O)c1cccc(Cl)n1. The summed E-state index contributed by atoms with van der Waals surface area (Å²) in [5.74, 6) is -1.75. The van der Waals surface area contributed by atoms with Crippen molar-refractivity contribution in [2.24, 2.45) is 5.92 Å². The number of amides is 1. The van der Waals surface area contributed by atoms with E-state index in [1.165, 1.54) is 0 Å². The average Bonchev–Trinajstić information content (AvgIpc) is 2.77. The Balaban J connectivity index is 2.05. The van der Waals surface area contributed by atoms with Crippen LogP contribution < -0.4 is 5.32 Å². The molecule has 96 valence electrons. The second-order valence-electron chi connectivity index (χ2n) is 4.30. The fourth-order valence-electron chi connectivity index (χ4n) is 2.21. The number of nitrogens with zero attached hydrogens (tertiary/aromatic N) is 1. The van der Waals surface area contributed by atoms with Crippen molar-refractivity contribution in [3.8, 4) is 0 Å². The van der Waals surface area contributed by atoms with Gasteiger partial charge in [0.05, 0.1) is 5.92 Å². The summed E-state index contributed by atoms with van der Waals surface area (Å²) in [4.78, 5) is 26.8. The normalized spacial score (nSPS) is 22.7. The van der Waals surface area contributed by atoms with Crippen LogP contribution in [0.1, 0.15) is 29.8 Å². The number of carbonyl (C=O) groups excluding carboxylic acids is 1. The van der Waals surface area contributed by atoms with E-state index in [0.717, 1.165) is 6.42 Å². The van der Waals surface area contributed by atoms with E-state index in [1.54, 1.807) is 18.2 Å². The molecule has 1 aromatic heterocycles. The first-order valence-corrected chi connectivity index (χ1v) is 6.12. The smallest absolute Gasteiger partial charge is 0.308 e. The van der Waals surface area contributed by atoms with Gasteiger partial charge < -0.3 is 10.4 Å². The minimum absolute atomic E-state index is 0.207. The predicted octanol–water partition coefficient (Wildman–Crippen LogP) is 1.72. The summed E-state index contributed by atoms with van der Waals surface area (Å²) < 4.78 is 0. The number of aromatic nitrogens is 1. The molecule has 1 saturated carbocycles. The highest BCUT2D eigenvalue weighted by molar-refractivity contribution is 6.29. The Hall–Kier alpha value is -1.62. The van der Waals surface area contributed by atoms with Crippen molar-refractivity contribution in [3.05, 3.63) is 29.0 Å². The van der Waals surface area contributed by atoms with Crippen molar-refractivity contribution in [2.75, 3.05) is 0 Å². The van der Waals surface area contributed by atoms with Gasteiger partial charge >= 0.3 is 5.97 Å². The standard InChI is InChI=1S/C12H13ClN2O3/c13-10-6-2-5-9(14-10)11(16)15-8-4-1-3-7(8)12(17)18/h2,5-8H,1,3-4H2,(H,15,16)(H,17,18). The molecule has 0 spiro atoms. The van der Waals surface area contributed by atoms with Gasteiger partial charge in [0, 0.05) is 6.04 Å². The van der Waals surface area contributed by atoms with E-state index in [2.05, 4.69) is 10.3 Å². The summed E-state index contributed by atoms with van der Waals surface area (Å²) in [5.41, 5.74) is 0.207. The van der Waals surface area contributed by atoms with Gasteiger partial charge in [0.15, 0.2) is 0 Å². The summed E-state index contributed by atoms with van der Waals surface area (Å²) in [7, 11) is 0. The molecule has 0 aromatic carbocycles. The van der Waals surface area contributed by atoms with Crippen LogP contribution in [0.25, 0.3) is 0 Å². The molecule has 1 heterocycles. The van der Waals surface area contributed by atoms with Crippen LogP contribution in [0.2, 0.25) is 5.15 Å². The fraction of sp³-hybridized carbons (Fsp3) is 0.417. The summed E-state index contributed by atoms with van der Waals surface area (Å²) in [6.45, 7) is 0. The second-order valence-corrected chi connectivity index (χ2v) is 4.69. The lowest BCUT2D eigenvalue weighted by Crippen LogP contribution is -2.40. The Morgan fingerprint density at radius 1 is 1.39 bits per heavy atom. The van der Waals surface area contributed by atoms with Gasteiger partial charge in [-0.25, -0.2) is 4.98 Å². The first-order chi connectivity index (χ1) is 8.58. The van der Waals surface area contributed by atoms with Gasteiger partial charge in [-0.15, -0.1) is 0 Å². The molecule has 1 aliphatic rings. The lowest BCUT2D eigenvalue weighted by atomic mass is 10.0. The summed E-state index contributed by atoms with van der Waals surface area (Å²) in [5, 5.41) is 12.0. The lowest BCUT2D eigenvalue weighted by Gasteiger charge is -2.17. The molecule has 2 unspecified atom stereocenters. The third kappa shape index (κ3) is 2.79. The minimum Gasteiger partial charge on any atom is -0.481 e. The molecule has 18 heavy (non-hydrogen) atoms. The number of nitrogens with one attached hydrogen (secondary N) is 1. The van der Waals surface area contributed by atoms with Crippen LogP contribution in [0.15, 0.2) is 18.2 Å². The van der Waals surface area contributed by atoms with E-state index in [4.69, 9.17) is 16.7 Å². The molecule has 1 aliphatic carbocycles. The molecule has 2 atom stereocenters. The van der Waals surface area contributed by atoms with Gasteiger partial charge in [0.2, 0.25) is 0 Å². The lowest BCUT2D eigenvalue weighted by molar-refractivity contribution is -0.142. The Kier molecular flexibility index (Phi) is 3.81. The molecule has 0 bridgehead atoms. The van der Waals surface area contributed by atoms with E-state index in [1.807, 2.05) is 0 Å². The molecule has 0 saturated heterocycles. The number of carboxylic acid groups (broad SMARTS) is 1. The quantitative estimate of drug-likeness (QED) is 0.818. The number of aliphatic carboxylic acids is 1. The van der Waals surface area contributed by atoms with E-state index < -0.39 is 11.9 Å². The van der Waals surface area contributed by atoms with Crippen LogP contribution in [0.4, 0.5) is 0 Å². The molecule has 0 aliphatic heterocycles. The monoisotopic (exact) mass is 268 g/mol. The third-order valence-corrected chi connectivity index (χ3v) is 3.31.